The molecule has 2 aromatic carbocycles. The molecule has 1 heterocycles. The third kappa shape index (κ3) is 3.51. The molecule has 1 saturated heterocycles. The fourth-order valence-electron chi connectivity index (χ4n) is 2.97. The van der Waals surface area contributed by atoms with Crippen molar-refractivity contribution in [3.05, 3.63) is 58.6 Å². The van der Waals surface area contributed by atoms with Gasteiger partial charge in [0, 0.05) is 28.8 Å². The lowest BCUT2D eigenvalue weighted by Gasteiger charge is -2.20. The van der Waals surface area contributed by atoms with Gasteiger partial charge in [0.1, 0.15) is 0 Å². The maximum Gasteiger partial charge on any atom is 0.229 e. The van der Waals surface area contributed by atoms with Crippen LogP contribution < -0.4 is 10.2 Å². The molecule has 0 bridgehead atoms. The van der Waals surface area contributed by atoms with Gasteiger partial charge >= 0.3 is 0 Å². The van der Waals surface area contributed by atoms with Crippen molar-refractivity contribution in [1.82, 2.24) is 0 Å². The van der Waals surface area contributed by atoms with Crippen molar-refractivity contribution in [2.45, 2.75) is 19.8 Å². The van der Waals surface area contributed by atoms with Gasteiger partial charge in [-0.25, -0.2) is 0 Å². The summed E-state index contributed by atoms with van der Waals surface area (Å²) in [5, 5.41) is 2.89. The molecule has 0 saturated carbocycles. The first-order valence-corrected chi connectivity index (χ1v) is 8.82. The van der Waals surface area contributed by atoms with E-state index in [1.54, 1.807) is 4.90 Å². The van der Waals surface area contributed by atoms with Crippen LogP contribution in [0.25, 0.3) is 0 Å². The third-order valence-electron chi connectivity index (χ3n) is 4.27. The molecule has 0 radical (unpaired) electrons. The number of benzene rings is 2. The van der Waals surface area contributed by atoms with Crippen LogP contribution >= 0.6 is 15.9 Å². The molecular formula is C19H19BrN2O2. The van der Waals surface area contributed by atoms with Gasteiger partial charge in [-0.15, -0.1) is 0 Å². The molecule has 2 aromatic rings. The zero-order valence-electron chi connectivity index (χ0n) is 13.5. The van der Waals surface area contributed by atoms with Crippen molar-refractivity contribution in [1.29, 1.82) is 0 Å². The topological polar surface area (TPSA) is 49.4 Å². The summed E-state index contributed by atoms with van der Waals surface area (Å²) < 4.78 is 0.957. The Balaban J connectivity index is 1.72. The van der Waals surface area contributed by atoms with Gasteiger partial charge in [0.15, 0.2) is 0 Å². The summed E-state index contributed by atoms with van der Waals surface area (Å²) in [4.78, 5) is 26.6. The molecule has 24 heavy (non-hydrogen) atoms. The number of rotatable bonds is 4. The molecule has 1 atom stereocenters. The summed E-state index contributed by atoms with van der Waals surface area (Å²) in [5.41, 5.74) is 2.78. The van der Waals surface area contributed by atoms with E-state index in [4.69, 9.17) is 0 Å². The van der Waals surface area contributed by atoms with E-state index in [2.05, 4.69) is 28.2 Å². The summed E-state index contributed by atoms with van der Waals surface area (Å²) >= 11 is 3.37. The number of nitrogens with zero attached hydrogens (tertiary/aromatic N) is 1. The fourth-order valence-corrected chi connectivity index (χ4v) is 3.23. The van der Waals surface area contributed by atoms with Crippen molar-refractivity contribution < 1.29 is 9.59 Å². The van der Waals surface area contributed by atoms with Crippen molar-refractivity contribution in [3.8, 4) is 0 Å². The molecule has 0 aliphatic carbocycles. The number of para-hydroxylation sites is 1. The minimum atomic E-state index is -0.328. The van der Waals surface area contributed by atoms with E-state index in [-0.39, 0.29) is 24.2 Å². The number of hydrogen-bond acceptors (Lipinski definition) is 2. The number of amides is 2. The second kappa shape index (κ2) is 7.18. The molecule has 3 rings (SSSR count). The van der Waals surface area contributed by atoms with Crippen LogP contribution in [0.1, 0.15) is 18.9 Å². The Hall–Kier alpha value is -2.14. The first kappa shape index (κ1) is 16.7. The molecule has 4 nitrogen and oxygen atoms in total. The van der Waals surface area contributed by atoms with E-state index in [0.29, 0.717) is 6.54 Å². The maximum atomic E-state index is 12.5. The molecule has 1 fully saturated rings. The van der Waals surface area contributed by atoms with E-state index in [1.165, 1.54) is 0 Å². The summed E-state index contributed by atoms with van der Waals surface area (Å²) in [6, 6.07) is 15.3. The van der Waals surface area contributed by atoms with Gasteiger partial charge in [0.25, 0.3) is 0 Å². The van der Waals surface area contributed by atoms with Crippen LogP contribution in [-0.4, -0.2) is 18.4 Å². The van der Waals surface area contributed by atoms with Crippen molar-refractivity contribution in [3.63, 3.8) is 0 Å². The minimum absolute atomic E-state index is 0.00635. The Labute approximate surface area is 150 Å². The van der Waals surface area contributed by atoms with Gasteiger partial charge in [-0.1, -0.05) is 41.1 Å². The van der Waals surface area contributed by atoms with E-state index in [1.807, 2.05) is 48.5 Å². The zero-order valence-corrected chi connectivity index (χ0v) is 15.0. The zero-order chi connectivity index (χ0) is 17.1. The van der Waals surface area contributed by atoms with Crippen LogP contribution in [0.5, 0.6) is 0 Å². The number of aryl methyl sites for hydroxylation is 1. The van der Waals surface area contributed by atoms with Crippen molar-refractivity contribution >= 4 is 39.1 Å². The van der Waals surface area contributed by atoms with Gasteiger partial charge in [-0.2, -0.15) is 0 Å². The lowest BCUT2D eigenvalue weighted by atomic mass is 10.1. The maximum absolute atomic E-state index is 12.5. The van der Waals surface area contributed by atoms with Crippen LogP contribution in [0.15, 0.2) is 53.0 Å². The Morgan fingerprint density at radius 3 is 2.62 bits per heavy atom. The fraction of sp³-hybridized carbons (Fsp3) is 0.263. The monoisotopic (exact) mass is 386 g/mol. The average molecular weight is 387 g/mol. The molecule has 1 aliphatic rings. The Kier molecular flexibility index (Phi) is 5.00. The van der Waals surface area contributed by atoms with Crippen LogP contribution in [0.2, 0.25) is 0 Å². The van der Waals surface area contributed by atoms with E-state index in [9.17, 15) is 9.59 Å². The highest BCUT2D eigenvalue weighted by Gasteiger charge is 2.35. The molecule has 0 spiro atoms. The predicted octanol–water partition coefficient (Wildman–Crippen LogP) is 4.00. The predicted molar refractivity (Wildman–Crippen MR) is 99.1 cm³/mol. The smallest absolute Gasteiger partial charge is 0.229 e. The first-order valence-electron chi connectivity index (χ1n) is 8.03. The van der Waals surface area contributed by atoms with Crippen molar-refractivity contribution in [2.24, 2.45) is 5.92 Å². The molecule has 1 aliphatic heterocycles. The van der Waals surface area contributed by atoms with Gasteiger partial charge < -0.3 is 10.2 Å². The van der Waals surface area contributed by atoms with Gasteiger partial charge in [-0.3, -0.25) is 9.59 Å². The minimum Gasteiger partial charge on any atom is -0.326 e. The third-order valence-corrected chi connectivity index (χ3v) is 4.80. The van der Waals surface area contributed by atoms with Crippen molar-refractivity contribution in [2.75, 3.05) is 16.8 Å². The quantitative estimate of drug-likeness (QED) is 0.862. The molecular weight excluding hydrogens is 368 g/mol. The molecule has 5 heteroatoms. The molecule has 0 aromatic heterocycles. The molecule has 124 valence electrons. The number of hydrogen-bond donors (Lipinski definition) is 1. The van der Waals surface area contributed by atoms with Crippen LogP contribution in [0, 0.1) is 5.92 Å². The van der Waals surface area contributed by atoms with E-state index >= 15 is 0 Å². The highest BCUT2D eigenvalue weighted by Crippen LogP contribution is 2.29. The SMILES string of the molecule is CCc1ccccc1N1CC(C(=O)Nc2ccc(Br)cc2)CC1=O. The summed E-state index contributed by atoms with van der Waals surface area (Å²) in [6.07, 6.45) is 1.11. The Bertz CT molecular complexity index is 758. The second-order valence-corrected chi connectivity index (χ2v) is 6.80. The molecule has 2 amide bonds. The van der Waals surface area contributed by atoms with Gasteiger partial charge in [0.05, 0.1) is 5.92 Å². The van der Waals surface area contributed by atoms with E-state index < -0.39 is 0 Å². The standard InChI is InChI=1S/C19H19BrN2O2/c1-2-13-5-3-4-6-17(13)22-12-14(11-18(22)23)19(24)21-16-9-7-15(20)8-10-16/h3-10,14H,2,11-12H2,1H3,(H,21,24). The number of carbonyl (C=O) groups excluding carboxylic acids is 2. The number of carbonyl (C=O) groups is 2. The Morgan fingerprint density at radius 2 is 1.92 bits per heavy atom. The summed E-state index contributed by atoms with van der Waals surface area (Å²) in [5.74, 6) is -0.430. The molecule has 1 N–H and O–H groups in total. The summed E-state index contributed by atoms with van der Waals surface area (Å²) in [6.45, 7) is 2.50. The highest BCUT2D eigenvalue weighted by atomic mass is 79.9. The van der Waals surface area contributed by atoms with Gasteiger partial charge in [0.2, 0.25) is 11.8 Å². The normalized spacial score (nSPS) is 17.2. The van der Waals surface area contributed by atoms with Gasteiger partial charge in [-0.05, 0) is 42.3 Å². The van der Waals surface area contributed by atoms with Crippen LogP contribution in [0.4, 0.5) is 11.4 Å². The van der Waals surface area contributed by atoms with E-state index in [0.717, 1.165) is 27.8 Å². The van der Waals surface area contributed by atoms with Crippen LogP contribution in [-0.2, 0) is 16.0 Å². The van der Waals surface area contributed by atoms with Crippen LogP contribution in [0.3, 0.4) is 0 Å². The first-order chi connectivity index (χ1) is 11.6. The largest absolute Gasteiger partial charge is 0.326 e. The average Bonchev–Trinajstić information content (AvgIpc) is 2.98. The lowest BCUT2D eigenvalue weighted by molar-refractivity contribution is -0.122. The lowest BCUT2D eigenvalue weighted by Crippen LogP contribution is -2.28. The number of anilines is 2. The summed E-state index contributed by atoms with van der Waals surface area (Å²) in [7, 11) is 0. The number of halogens is 1. The molecule has 1 unspecified atom stereocenters. The number of nitrogens with one attached hydrogen (secondary N) is 1. The highest BCUT2D eigenvalue weighted by molar-refractivity contribution is 9.10. The second-order valence-electron chi connectivity index (χ2n) is 5.88. The Morgan fingerprint density at radius 1 is 1.21 bits per heavy atom.